The number of rotatable bonds is 12. The van der Waals surface area contributed by atoms with E-state index in [1.807, 2.05) is 0 Å². The van der Waals surface area contributed by atoms with Crippen LogP contribution in [0.25, 0.3) is 0 Å². The summed E-state index contributed by atoms with van der Waals surface area (Å²) in [5.41, 5.74) is 10.3. The molecule has 0 amide bonds. The Bertz CT molecular complexity index is 951. The van der Waals surface area contributed by atoms with E-state index in [0.29, 0.717) is 35.8 Å². The minimum absolute atomic E-state index is 0.296. The molecule has 0 aliphatic rings. The van der Waals surface area contributed by atoms with E-state index in [1.54, 1.807) is 24.3 Å². The molecule has 2 aromatic rings. The molecule has 0 aliphatic heterocycles. The maximum absolute atomic E-state index is 11.0. The number of hydrogen-bond donors (Lipinski definition) is 6. The minimum Gasteiger partial charge on any atom is -0.494 e. The minimum atomic E-state index is -4.26. The molecule has 33 heavy (non-hydrogen) atoms. The summed E-state index contributed by atoms with van der Waals surface area (Å²) in [6.45, 7) is 0.962. The summed E-state index contributed by atoms with van der Waals surface area (Å²) in [4.78, 5) is 17.9. The molecule has 0 saturated carbocycles. The summed E-state index contributed by atoms with van der Waals surface area (Å²) in [5.74, 6) is 0.180. The van der Waals surface area contributed by atoms with Gasteiger partial charge in [0.2, 0.25) is 11.8 Å². The lowest BCUT2D eigenvalue weighted by Crippen LogP contribution is -2.07. The van der Waals surface area contributed by atoms with Crippen molar-refractivity contribution in [3.05, 3.63) is 59.7 Å². The molecule has 180 valence electrons. The third-order valence-corrected chi connectivity index (χ3v) is 4.89. The lowest BCUT2D eigenvalue weighted by Gasteiger charge is -2.11. The molecule has 0 bridgehead atoms. The van der Waals surface area contributed by atoms with E-state index in [-0.39, 0.29) is 0 Å². The monoisotopic (exact) mass is 500 g/mol. The van der Waals surface area contributed by atoms with E-state index in [0.717, 1.165) is 19.3 Å². The Morgan fingerprint density at radius 3 is 1.33 bits per heavy atom. The van der Waals surface area contributed by atoms with Gasteiger partial charge in [-0.1, -0.05) is 0 Å². The quantitative estimate of drug-likeness (QED) is 0.108. The van der Waals surface area contributed by atoms with Gasteiger partial charge in [-0.3, -0.25) is 10.8 Å². The molecule has 0 aromatic heterocycles. The van der Waals surface area contributed by atoms with Gasteiger partial charge in [-0.2, -0.15) is 0 Å². The third kappa shape index (κ3) is 10.6. The lowest BCUT2D eigenvalue weighted by molar-refractivity contribution is 0.279. The summed E-state index contributed by atoms with van der Waals surface area (Å²) in [6, 6.07) is 12.6. The molecular weight excluding hydrogens is 474 g/mol. The molecule has 0 fully saturated rings. The van der Waals surface area contributed by atoms with Crippen LogP contribution in [0.1, 0.15) is 30.4 Å². The second-order valence-electron chi connectivity index (χ2n) is 6.78. The second kappa shape index (κ2) is 11.9. The molecule has 2 rings (SSSR count). The largest absolute Gasteiger partial charge is 0.494 e. The van der Waals surface area contributed by atoms with Gasteiger partial charge in [-0.25, -0.2) is 20.1 Å². The Labute approximate surface area is 190 Å². The van der Waals surface area contributed by atoms with Crippen LogP contribution < -0.4 is 20.5 Å². The Morgan fingerprint density at radius 1 is 0.697 bits per heavy atom. The summed E-state index contributed by atoms with van der Waals surface area (Å²) in [5, 5.41) is 15.2. The molecule has 0 spiro atoms. The Morgan fingerprint density at radius 2 is 1.03 bits per heavy atom. The zero-order valence-corrected chi connectivity index (χ0v) is 19.3. The Hall–Kier alpha value is -2.72. The first kappa shape index (κ1) is 26.5. The number of ether oxygens (including phenoxy) is 2. The standard InChI is InChI=1S/C19H26N4O8P2/c20-18(30-32(22,24)25)14-4-8-16(9-5-14)28-12-2-1-3-13-29-17-10-6-15(7-11-17)19(21)31-33(23,26)27/h4-11,20-21H,1-3,12-13H2,(H3,22,24,25)(H3,23,26,27). The van der Waals surface area contributed by atoms with Crippen molar-refractivity contribution in [2.24, 2.45) is 11.0 Å². The van der Waals surface area contributed by atoms with Gasteiger partial charge < -0.3 is 28.3 Å². The second-order valence-corrected chi connectivity index (χ2v) is 9.40. The molecule has 2 aromatic carbocycles. The fraction of sp³-hybridized carbons (Fsp3) is 0.263. The third-order valence-electron chi connectivity index (χ3n) is 4.00. The number of nitrogens with one attached hydrogen (secondary N) is 2. The molecular formula is C19H26N4O8P2. The van der Waals surface area contributed by atoms with Gasteiger partial charge >= 0.3 is 15.5 Å². The first-order valence-electron chi connectivity index (χ1n) is 9.68. The SMILES string of the molecule is N=C(OP(N)(=O)O)c1ccc(OCCCCCOc2ccc(C(=N)OP(N)(=O)O)cc2)cc1. The highest BCUT2D eigenvalue weighted by Gasteiger charge is 2.17. The first-order chi connectivity index (χ1) is 15.4. The topological polar surface area (TPSA) is 211 Å². The highest BCUT2D eigenvalue weighted by molar-refractivity contribution is 7.51. The van der Waals surface area contributed by atoms with E-state index in [4.69, 9.17) is 41.1 Å². The Kier molecular flexibility index (Phi) is 9.60. The Balaban J connectivity index is 1.62. The van der Waals surface area contributed by atoms with Gasteiger partial charge in [0.1, 0.15) is 11.5 Å². The van der Waals surface area contributed by atoms with Crippen molar-refractivity contribution in [2.45, 2.75) is 19.3 Å². The van der Waals surface area contributed by atoms with Crippen molar-refractivity contribution in [2.75, 3.05) is 13.2 Å². The van der Waals surface area contributed by atoms with Gasteiger partial charge in [-0.05, 0) is 67.8 Å². The molecule has 2 unspecified atom stereocenters. The van der Waals surface area contributed by atoms with Crippen LogP contribution in [0.5, 0.6) is 11.5 Å². The molecule has 2 atom stereocenters. The van der Waals surface area contributed by atoms with Gasteiger partial charge in [0.15, 0.2) is 0 Å². The van der Waals surface area contributed by atoms with Crippen LogP contribution in [0.4, 0.5) is 0 Å². The van der Waals surface area contributed by atoms with Gasteiger partial charge in [-0.15, -0.1) is 0 Å². The van der Waals surface area contributed by atoms with Gasteiger partial charge in [0, 0.05) is 11.1 Å². The van der Waals surface area contributed by atoms with E-state index in [2.05, 4.69) is 9.05 Å². The fourth-order valence-corrected chi connectivity index (χ4v) is 3.27. The van der Waals surface area contributed by atoms with Gasteiger partial charge in [0.25, 0.3) is 0 Å². The number of hydrogen-bond acceptors (Lipinski definition) is 8. The maximum atomic E-state index is 11.0. The average Bonchev–Trinajstić information content (AvgIpc) is 2.71. The summed E-state index contributed by atoms with van der Waals surface area (Å²) in [6.07, 6.45) is 2.44. The summed E-state index contributed by atoms with van der Waals surface area (Å²) in [7, 11) is -8.53. The smallest absolute Gasteiger partial charge is 0.454 e. The fourth-order valence-electron chi connectivity index (χ4n) is 2.53. The number of nitrogens with two attached hydrogens (primary N) is 2. The van der Waals surface area contributed by atoms with Crippen LogP contribution in [-0.2, 0) is 18.2 Å². The molecule has 0 aliphatic carbocycles. The highest BCUT2D eigenvalue weighted by atomic mass is 31.2. The van der Waals surface area contributed by atoms with Crippen molar-refractivity contribution in [3.63, 3.8) is 0 Å². The predicted octanol–water partition coefficient (Wildman–Crippen LogP) is 3.12. The lowest BCUT2D eigenvalue weighted by atomic mass is 10.2. The molecule has 0 saturated heterocycles. The predicted molar refractivity (Wildman–Crippen MR) is 122 cm³/mol. The van der Waals surface area contributed by atoms with Crippen LogP contribution >= 0.6 is 15.5 Å². The number of benzene rings is 2. The maximum Gasteiger partial charge on any atom is 0.454 e. The average molecular weight is 500 g/mol. The van der Waals surface area contributed by atoms with Crippen molar-refractivity contribution in [3.8, 4) is 11.5 Å². The zero-order chi connectivity index (χ0) is 24.5. The van der Waals surface area contributed by atoms with E-state index in [1.165, 1.54) is 24.3 Å². The van der Waals surface area contributed by atoms with Crippen LogP contribution in [0.3, 0.4) is 0 Å². The van der Waals surface area contributed by atoms with Crippen LogP contribution in [0, 0.1) is 10.8 Å². The van der Waals surface area contributed by atoms with E-state index < -0.39 is 27.3 Å². The molecule has 0 radical (unpaired) electrons. The normalized spacial score (nSPS) is 14.4. The highest BCUT2D eigenvalue weighted by Crippen LogP contribution is 2.33. The molecule has 14 heteroatoms. The van der Waals surface area contributed by atoms with Crippen LogP contribution in [0.15, 0.2) is 48.5 Å². The summed E-state index contributed by atoms with van der Waals surface area (Å²) >= 11 is 0. The molecule has 12 nitrogen and oxygen atoms in total. The van der Waals surface area contributed by atoms with Crippen LogP contribution in [-0.4, -0.2) is 34.8 Å². The van der Waals surface area contributed by atoms with Crippen LogP contribution in [0.2, 0.25) is 0 Å². The van der Waals surface area contributed by atoms with Crippen molar-refractivity contribution in [1.29, 1.82) is 10.8 Å². The van der Waals surface area contributed by atoms with E-state index in [9.17, 15) is 9.13 Å². The molecule has 8 N–H and O–H groups in total. The van der Waals surface area contributed by atoms with Crippen molar-refractivity contribution < 1.29 is 37.4 Å². The summed E-state index contributed by atoms with van der Waals surface area (Å²) < 4.78 is 42.1. The van der Waals surface area contributed by atoms with Crippen molar-refractivity contribution in [1.82, 2.24) is 0 Å². The first-order valence-corrected chi connectivity index (χ1v) is 13.0. The molecule has 0 heterocycles. The van der Waals surface area contributed by atoms with Crippen molar-refractivity contribution >= 4 is 27.3 Å². The zero-order valence-electron chi connectivity index (χ0n) is 17.5. The van der Waals surface area contributed by atoms with E-state index >= 15 is 0 Å². The number of unbranched alkanes of at least 4 members (excludes halogenated alkanes) is 2. The van der Waals surface area contributed by atoms with Gasteiger partial charge in [0.05, 0.1) is 13.2 Å².